The molecule has 0 N–H and O–H groups in total. The number of hydrogen-bond donors (Lipinski definition) is 0. The maximum absolute atomic E-state index is 14.0. The third-order valence-electron chi connectivity index (χ3n) is 4.97. The van der Waals surface area contributed by atoms with Crippen LogP contribution >= 0.6 is 0 Å². The van der Waals surface area contributed by atoms with Crippen LogP contribution in [0.2, 0.25) is 0 Å². The largest absolute Gasteiger partial charge is 0.484 e. The summed E-state index contributed by atoms with van der Waals surface area (Å²) in [6.45, 7) is 7.83. The summed E-state index contributed by atoms with van der Waals surface area (Å²) in [5.41, 5.74) is 2.17. The average Bonchev–Trinajstić information content (AvgIpc) is 2.84. The molecule has 3 rings (SSSR count). The number of aryl methyl sites for hydroxylation is 1. The van der Waals surface area contributed by atoms with Gasteiger partial charge in [0.2, 0.25) is 0 Å². The molecule has 1 aliphatic heterocycles. The molecule has 0 aliphatic carbocycles. The Morgan fingerprint density at radius 1 is 1.04 bits per heavy atom. The molecule has 26 heavy (non-hydrogen) atoms. The minimum absolute atomic E-state index is 0. The summed E-state index contributed by atoms with van der Waals surface area (Å²) >= 11 is 0. The zero-order chi connectivity index (χ0) is 17.5. The molecule has 0 saturated carbocycles. The van der Waals surface area contributed by atoms with Gasteiger partial charge in [0, 0.05) is 44.7 Å². The summed E-state index contributed by atoms with van der Waals surface area (Å²) in [6.07, 6.45) is 1.05. The minimum atomic E-state index is -0.284. The number of halogens is 1. The second-order valence-corrected chi connectivity index (χ2v) is 6.86. The van der Waals surface area contributed by atoms with Crippen molar-refractivity contribution in [2.45, 2.75) is 19.9 Å². The van der Waals surface area contributed by atoms with Crippen molar-refractivity contribution in [3.05, 3.63) is 65.5 Å². The molecule has 1 atom stereocenters. The van der Waals surface area contributed by atoms with Crippen LogP contribution in [0, 0.1) is 12.7 Å². The van der Waals surface area contributed by atoms with Crippen molar-refractivity contribution in [3.8, 4) is 5.75 Å². The van der Waals surface area contributed by atoms with Gasteiger partial charge in [-0.15, -0.1) is 0 Å². The van der Waals surface area contributed by atoms with Crippen LogP contribution in [0.25, 0.3) is 0 Å². The molecule has 0 aromatic heterocycles. The molecule has 5 heteroatoms. The van der Waals surface area contributed by atoms with Gasteiger partial charge in [0.25, 0.3) is 0 Å². The van der Waals surface area contributed by atoms with E-state index in [4.69, 9.17) is 9.47 Å². The zero-order valence-corrected chi connectivity index (χ0v) is 18.3. The third kappa shape index (κ3) is 5.85. The third-order valence-corrected chi connectivity index (χ3v) is 4.97. The van der Waals surface area contributed by atoms with E-state index in [0.717, 1.165) is 55.9 Å². The zero-order valence-electron chi connectivity index (χ0n) is 15.5. The molecule has 0 amide bonds. The van der Waals surface area contributed by atoms with Gasteiger partial charge in [-0.05, 0) is 18.6 Å². The fraction of sp³-hybridized carbons (Fsp3) is 0.429. The van der Waals surface area contributed by atoms with Crippen molar-refractivity contribution in [1.29, 1.82) is 0 Å². The maximum Gasteiger partial charge on any atom is 0.165 e. The fourth-order valence-corrected chi connectivity index (χ4v) is 3.55. The van der Waals surface area contributed by atoms with E-state index >= 15 is 0 Å². The molecular formula is C21H27FNO2Y+. The first kappa shape index (κ1) is 21.5. The van der Waals surface area contributed by atoms with E-state index in [2.05, 4.69) is 24.3 Å². The quantitative estimate of drug-likeness (QED) is 0.643. The SMILES string of the molecule is Cc1cccc(F)c1OCC[N+]1(Cc2ccccc2)CCCOCC1.[Y]. The predicted molar refractivity (Wildman–Crippen MR) is 97.1 cm³/mol. The normalized spacial score (nSPS) is 20.1. The molecule has 137 valence electrons. The Balaban J connectivity index is 0.00000243. The van der Waals surface area contributed by atoms with Crippen LogP contribution in [0.3, 0.4) is 0 Å². The molecule has 1 heterocycles. The summed E-state index contributed by atoms with van der Waals surface area (Å²) < 4.78 is 26.4. The van der Waals surface area contributed by atoms with Crippen molar-refractivity contribution in [2.24, 2.45) is 0 Å². The summed E-state index contributed by atoms with van der Waals surface area (Å²) in [5, 5.41) is 0. The van der Waals surface area contributed by atoms with Crippen LogP contribution in [-0.4, -0.2) is 43.9 Å². The smallest absolute Gasteiger partial charge is 0.165 e. The maximum atomic E-state index is 14.0. The summed E-state index contributed by atoms with van der Waals surface area (Å²) in [4.78, 5) is 0. The van der Waals surface area contributed by atoms with Gasteiger partial charge in [-0.1, -0.05) is 42.5 Å². The Morgan fingerprint density at radius 3 is 2.62 bits per heavy atom. The molecule has 0 spiro atoms. The Labute approximate surface area is 181 Å². The number of nitrogens with zero attached hydrogens (tertiary/aromatic N) is 1. The summed E-state index contributed by atoms with van der Waals surface area (Å²) in [5.74, 6) is 0.0974. The van der Waals surface area contributed by atoms with E-state index in [1.807, 2.05) is 19.1 Å². The molecular weight excluding hydrogens is 406 g/mol. The van der Waals surface area contributed by atoms with Gasteiger partial charge >= 0.3 is 0 Å². The van der Waals surface area contributed by atoms with Gasteiger partial charge in [-0.25, -0.2) is 4.39 Å². The second-order valence-electron chi connectivity index (χ2n) is 6.86. The van der Waals surface area contributed by atoms with Gasteiger partial charge in [-0.2, -0.15) is 0 Å². The van der Waals surface area contributed by atoms with E-state index in [0.29, 0.717) is 12.4 Å². The molecule has 1 unspecified atom stereocenters. The first-order chi connectivity index (χ1) is 12.2. The van der Waals surface area contributed by atoms with E-state index in [1.54, 1.807) is 6.07 Å². The van der Waals surface area contributed by atoms with Gasteiger partial charge in [0.15, 0.2) is 11.6 Å². The average molecular weight is 433 g/mol. The van der Waals surface area contributed by atoms with Crippen molar-refractivity contribution in [2.75, 3.05) is 39.5 Å². The van der Waals surface area contributed by atoms with E-state index < -0.39 is 0 Å². The van der Waals surface area contributed by atoms with Crippen molar-refractivity contribution < 1.29 is 51.1 Å². The number of para-hydroxylation sites is 1. The Kier molecular flexibility index (Phi) is 8.69. The van der Waals surface area contributed by atoms with Gasteiger partial charge in [0.1, 0.15) is 26.2 Å². The predicted octanol–water partition coefficient (Wildman–Crippen LogP) is 3.95. The second kappa shape index (κ2) is 10.5. The van der Waals surface area contributed by atoms with Gasteiger partial charge < -0.3 is 14.0 Å². The first-order valence-corrected chi connectivity index (χ1v) is 9.03. The van der Waals surface area contributed by atoms with E-state index in [9.17, 15) is 4.39 Å². The molecule has 1 saturated heterocycles. The van der Waals surface area contributed by atoms with Crippen LogP contribution in [-0.2, 0) is 44.0 Å². The molecule has 2 aromatic rings. The molecule has 1 fully saturated rings. The van der Waals surface area contributed by atoms with Crippen molar-refractivity contribution in [1.82, 2.24) is 0 Å². The van der Waals surface area contributed by atoms with Crippen LogP contribution < -0.4 is 4.74 Å². The Hall–Kier alpha value is -0.806. The number of benzene rings is 2. The standard InChI is InChI=1S/C21H27FNO2.Y/c1-18-7-5-10-20(22)21(18)25-16-13-23(11-6-14-24-15-12-23)17-19-8-3-2-4-9-19;/h2-5,7-10H,6,11-17H2,1H3;/q+1;. The molecule has 1 aliphatic rings. The van der Waals surface area contributed by atoms with Crippen LogP contribution in [0.5, 0.6) is 5.75 Å². The van der Waals surface area contributed by atoms with Gasteiger partial charge in [-0.3, -0.25) is 0 Å². The summed E-state index contributed by atoms with van der Waals surface area (Å²) in [6, 6.07) is 15.6. The fourth-order valence-electron chi connectivity index (χ4n) is 3.55. The van der Waals surface area contributed by atoms with Crippen LogP contribution in [0.4, 0.5) is 4.39 Å². The van der Waals surface area contributed by atoms with Gasteiger partial charge in [0.05, 0.1) is 19.8 Å². The monoisotopic (exact) mass is 433 g/mol. The van der Waals surface area contributed by atoms with Crippen LogP contribution in [0.15, 0.2) is 48.5 Å². The molecule has 0 bridgehead atoms. The first-order valence-electron chi connectivity index (χ1n) is 9.03. The van der Waals surface area contributed by atoms with Crippen LogP contribution in [0.1, 0.15) is 17.5 Å². The number of ether oxygens (including phenoxy) is 2. The molecule has 1 radical (unpaired) electrons. The number of hydrogen-bond acceptors (Lipinski definition) is 2. The topological polar surface area (TPSA) is 18.5 Å². The number of quaternary nitrogens is 1. The Morgan fingerprint density at radius 2 is 1.85 bits per heavy atom. The van der Waals surface area contributed by atoms with E-state index in [-0.39, 0.29) is 38.5 Å². The van der Waals surface area contributed by atoms with E-state index in [1.165, 1.54) is 11.6 Å². The Bertz CT molecular complexity index is 653. The molecule has 3 nitrogen and oxygen atoms in total. The summed E-state index contributed by atoms with van der Waals surface area (Å²) in [7, 11) is 0. The van der Waals surface area contributed by atoms with Crippen molar-refractivity contribution >= 4 is 0 Å². The number of rotatable bonds is 6. The molecule has 2 aromatic carbocycles. The minimum Gasteiger partial charge on any atom is -0.484 e. The van der Waals surface area contributed by atoms with Crippen molar-refractivity contribution in [3.63, 3.8) is 0 Å².